The van der Waals surface area contributed by atoms with Crippen molar-refractivity contribution in [3.8, 4) is 0 Å². The Hall–Kier alpha value is -0.100. The van der Waals surface area contributed by atoms with E-state index < -0.39 is 0 Å². The first-order valence-corrected chi connectivity index (χ1v) is 5.58. The Balaban J connectivity index is 3.03. The predicted octanol–water partition coefficient (Wildman–Crippen LogP) is 2.61. The zero-order valence-electron chi connectivity index (χ0n) is 6.58. The minimum Gasteiger partial charge on any atom is -0.296 e. The van der Waals surface area contributed by atoms with Crippen LogP contribution in [0.25, 0.3) is 0 Å². The third-order valence-corrected chi connectivity index (χ3v) is 2.78. The standard InChI is InChI=1S/C8H8INOS/c1-2-12-8-3-6(9)4-10-7(8)5-11/h3-5H,2H2,1H3. The summed E-state index contributed by atoms with van der Waals surface area (Å²) in [4.78, 5) is 15.5. The van der Waals surface area contributed by atoms with E-state index in [0.717, 1.165) is 20.5 Å². The lowest BCUT2D eigenvalue weighted by Gasteiger charge is -2.01. The fraction of sp³-hybridized carbons (Fsp3) is 0.250. The van der Waals surface area contributed by atoms with Crippen LogP contribution in [0.1, 0.15) is 17.4 Å². The number of halogens is 1. The topological polar surface area (TPSA) is 30.0 Å². The molecular formula is C8H8INOS. The number of carbonyl (C=O) groups is 1. The van der Waals surface area contributed by atoms with E-state index >= 15 is 0 Å². The summed E-state index contributed by atoms with van der Waals surface area (Å²) in [7, 11) is 0. The van der Waals surface area contributed by atoms with Gasteiger partial charge < -0.3 is 0 Å². The quantitative estimate of drug-likeness (QED) is 0.487. The monoisotopic (exact) mass is 293 g/mol. The SMILES string of the molecule is CCSc1cc(I)cnc1C=O. The molecule has 0 aliphatic carbocycles. The normalized spacial score (nSPS) is 9.83. The van der Waals surface area contributed by atoms with Gasteiger partial charge in [0.05, 0.1) is 0 Å². The summed E-state index contributed by atoms with van der Waals surface area (Å²) in [6.45, 7) is 2.05. The number of carbonyl (C=O) groups excluding carboxylic acids is 1. The fourth-order valence-corrected chi connectivity index (χ4v) is 2.22. The maximum absolute atomic E-state index is 10.5. The Kier molecular flexibility index (Phi) is 4.00. The molecule has 0 spiro atoms. The fourth-order valence-electron chi connectivity index (χ4n) is 0.791. The Bertz CT molecular complexity index is 290. The van der Waals surface area contributed by atoms with Crippen molar-refractivity contribution in [3.63, 3.8) is 0 Å². The van der Waals surface area contributed by atoms with Crippen LogP contribution in [0.4, 0.5) is 0 Å². The molecule has 12 heavy (non-hydrogen) atoms. The molecule has 0 bridgehead atoms. The van der Waals surface area contributed by atoms with Crippen LogP contribution >= 0.6 is 34.4 Å². The molecule has 1 heterocycles. The van der Waals surface area contributed by atoms with Gasteiger partial charge in [-0.2, -0.15) is 0 Å². The molecule has 1 aromatic rings. The largest absolute Gasteiger partial charge is 0.296 e. The van der Waals surface area contributed by atoms with Crippen LogP contribution in [-0.4, -0.2) is 17.0 Å². The molecule has 0 fully saturated rings. The van der Waals surface area contributed by atoms with Crippen LogP contribution in [0.3, 0.4) is 0 Å². The van der Waals surface area contributed by atoms with Gasteiger partial charge in [-0.05, 0) is 34.4 Å². The van der Waals surface area contributed by atoms with Crippen LogP contribution < -0.4 is 0 Å². The molecular weight excluding hydrogens is 285 g/mol. The minimum absolute atomic E-state index is 0.544. The molecule has 0 aromatic carbocycles. The van der Waals surface area contributed by atoms with Crippen molar-refractivity contribution in [2.75, 3.05) is 5.75 Å². The number of nitrogens with zero attached hydrogens (tertiary/aromatic N) is 1. The molecule has 0 saturated carbocycles. The van der Waals surface area contributed by atoms with Crippen molar-refractivity contribution in [2.24, 2.45) is 0 Å². The van der Waals surface area contributed by atoms with Crippen molar-refractivity contribution in [3.05, 3.63) is 21.5 Å². The highest BCUT2D eigenvalue weighted by Gasteiger charge is 2.02. The van der Waals surface area contributed by atoms with E-state index in [9.17, 15) is 4.79 Å². The zero-order chi connectivity index (χ0) is 8.97. The number of thioether (sulfide) groups is 1. The van der Waals surface area contributed by atoms with Crippen LogP contribution in [0.5, 0.6) is 0 Å². The number of hydrogen-bond donors (Lipinski definition) is 0. The van der Waals surface area contributed by atoms with Crippen molar-refractivity contribution < 1.29 is 4.79 Å². The maximum atomic E-state index is 10.5. The zero-order valence-corrected chi connectivity index (χ0v) is 9.55. The van der Waals surface area contributed by atoms with Gasteiger partial charge in [0.25, 0.3) is 0 Å². The minimum atomic E-state index is 0.544. The van der Waals surface area contributed by atoms with E-state index in [1.54, 1.807) is 18.0 Å². The summed E-state index contributed by atoms with van der Waals surface area (Å²) in [6.07, 6.45) is 2.50. The first kappa shape index (κ1) is 9.98. The molecule has 2 nitrogen and oxygen atoms in total. The van der Waals surface area contributed by atoms with Crippen molar-refractivity contribution in [1.82, 2.24) is 4.98 Å². The van der Waals surface area contributed by atoms with E-state index in [1.165, 1.54) is 0 Å². The summed E-state index contributed by atoms with van der Waals surface area (Å²) in [5.41, 5.74) is 0.544. The molecule has 4 heteroatoms. The lowest BCUT2D eigenvalue weighted by Crippen LogP contribution is -1.91. The summed E-state index contributed by atoms with van der Waals surface area (Å²) >= 11 is 3.83. The molecule has 0 unspecified atom stereocenters. The molecule has 0 amide bonds. The summed E-state index contributed by atoms with van der Waals surface area (Å²) in [5, 5.41) is 0. The van der Waals surface area contributed by atoms with E-state index in [1.807, 2.05) is 6.07 Å². The number of aldehydes is 1. The van der Waals surface area contributed by atoms with Gasteiger partial charge in [-0.25, -0.2) is 0 Å². The van der Waals surface area contributed by atoms with E-state index in [0.29, 0.717) is 5.69 Å². The lowest BCUT2D eigenvalue weighted by atomic mass is 10.4. The summed E-state index contributed by atoms with van der Waals surface area (Å²) < 4.78 is 1.06. The van der Waals surface area contributed by atoms with Crippen molar-refractivity contribution >= 4 is 40.6 Å². The number of pyridine rings is 1. The summed E-state index contributed by atoms with van der Waals surface area (Å²) in [6, 6.07) is 1.98. The number of aromatic nitrogens is 1. The van der Waals surface area contributed by atoms with Crippen LogP contribution in [0, 0.1) is 3.57 Å². The third-order valence-electron chi connectivity index (χ3n) is 1.26. The van der Waals surface area contributed by atoms with Gasteiger partial charge in [-0.1, -0.05) is 6.92 Å². The predicted molar refractivity (Wildman–Crippen MR) is 58.7 cm³/mol. The lowest BCUT2D eigenvalue weighted by molar-refractivity contribution is 0.111. The van der Waals surface area contributed by atoms with Gasteiger partial charge >= 0.3 is 0 Å². The first-order valence-electron chi connectivity index (χ1n) is 3.51. The molecule has 1 aromatic heterocycles. The molecule has 0 saturated heterocycles. The highest BCUT2D eigenvalue weighted by atomic mass is 127. The highest BCUT2D eigenvalue weighted by Crippen LogP contribution is 2.21. The summed E-state index contributed by atoms with van der Waals surface area (Å²) in [5.74, 6) is 0.961. The van der Waals surface area contributed by atoms with Crippen LogP contribution in [0.2, 0.25) is 0 Å². The van der Waals surface area contributed by atoms with Crippen molar-refractivity contribution in [2.45, 2.75) is 11.8 Å². The second-order valence-corrected chi connectivity index (χ2v) is 4.64. The van der Waals surface area contributed by atoms with Gasteiger partial charge in [-0.3, -0.25) is 9.78 Å². The van der Waals surface area contributed by atoms with Gasteiger partial charge in [-0.15, -0.1) is 11.8 Å². The average molecular weight is 293 g/mol. The average Bonchev–Trinajstić information content (AvgIpc) is 2.05. The molecule has 0 N–H and O–H groups in total. The molecule has 0 aliphatic heterocycles. The molecule has 0 atom stereocenters. The Labute approximate surface area is 89.3 Å². The Morgan fingerprint density at radius 2 is 2.50 bits per heavy atom. The second kappa shape index (κ2) is 4.81. The van der Waals surface area contributed by atoms with Crippen molar-refractivity contribution in [1.29, 1.82) is 0 Å². The van der Waals surface area contributed by atoms with Gasteiger partial charge in [0.15, 0.2) is 6.29 Å². The van der Waals surface area contributed by atoms with Crippen LogP contribution in [-0.2, 0) is 0 Å². The van der Waals surface area contributed by atoms with Crippen LogP contribution in [0.15, 0.2) is 17.2 Å². The maximum Gasteiger partial charge on any atom is 0.169 e. The van der Waals surface area contributed by atoms with E-state index in [-0.39, 0.29) is 0 Å². The Morgan fingerprint density at radius 1 is 1.75 bits per heavy atom. The van der Waals surface area contributed by atoms with E-state index in [4.69, 9.17) is 0 Å². The smallest absolute Gasteiger partial charge is 0.169 e. The molecule has 0 radical (unpaired) electrons. The number of hydrogen-bond acceptors (Lipinski definition) is 3. The van der Waals surface area contributed by atoms with Gasteiger partial charge in [0.1, 0.15) is 5.69 Å². The highest BCUT2D eigenvalue weighted by molar-refractivity contribution is 14.1. The van der Waals surface area contributed by atoms with Gasteiger partial charge in [0.2, 0.25) is 0 Å². The number of rotatable bonds is 3. The van der Waals surface area contributed by atoms with Gasteiger partial charge in [0, 0.05) is 14.7 Å². The molecule has 1 rings (SSSR count). The molecule has 64 valence electrons. The third kappa shape index (κ3) is 2.45. The first-order chi connectivity index (χ1) is 5.77. The van der Waals surface area contributed by atoms with E-state index in [2.05, 4.69) is 34.5 Å². The second-order valence-electron chi connectivity index (χ2n) is 2.09. The molecule has 0 aliphatic rings. The Morgan fingerprint density at radius 3 is 3.08 bits per heavy atom.